The van der Waals surface area contributed by atoms with Crippen LogP contribution in [0.2, 0.25) is 0 Å². The van der Waals surface area contributed by atoms with Crippen molar-refractivity contribution in [2.45, 2.75) is 123 Å². The zero-order valence-corrected chi connectivity index (χ0v) is 28.2. The minimum Gasteiger partial charge on any atom is -0.444 e. The fraction of sp³-hybridized carbons (Fsp3) is 0.759. The summed E-state index contributed by atoms with van der Waals surface area (Å²) in [4.78, 5) is 67.6. The average Bonchev–Trinajstić information content (AvgIpc) is 2.80. The standard InChI is InChI=1S/C29H52N8O8/c1-18(38)36-32-16-19(33-22(39)21-13-15-37(21)23(40)20(30)17-43-27(2,3)4)12-11-14-31-24(34-25(41)44-28(5,6)7)35-26(42)45-29(8,9)10/h16,19-21H,11-15,17,30H2,1-10H3,(H,33,39)(H,36,38)(H2,31,34,35,41,42)/b32-16+/t19-,20+,21-/m0/s1. The summed E-state index contributed by atoms with van der Waals surface area (Å²) in [5.41, 5.74) is 6.29. The van der Waals surface area contributed by atoms with Gasteiger partial charge in [-0.25, -0.2) is 15.0 Å². The van der Waals surface area contributed by atoms with Gasteiger partial charge in [0.1, 0.15) is 23.3 Å². The molecule has 1 fully saturated rings. The molecule has 16 nitrogen and oxygen atoms in total. The van der Waals surface area contributed by atoms with Gasteiger partial charge in [-0.15, -0.1) is 0 Å². The van der Waals surface area contributed by atoms with Gasteiger partial charge in [0.2, 0.25) is 23.7 Å². The minimum absolute atomic E-state index is 0.0211. The molecule has 1 heterocycles. The number of rotatable bonds is 11. The van der Waals surface area contributed by atoms with Crippen LogP contribution >= 0.6 is 0 Å². The number of alkyl carbamates (subject to hydrolysis) is 2. The summed E-state index contributed by atoms with van der Waals surface area (Å²) >= 11 is 0. The number of likely N-dealkylation sites (tertiary alicyclic amines) is 1. The summed E-state index contributed by atoms with van der Waals surface area (Å²) in [5, 5.41) is 11.5. The maximum absolute atomic E-state index is 13.1. The summed E-state index contributed by atoms with van der Waals surface area (Å²) in [6.07, 6.45) is 0.845. The highest BCUT2D eigenvalue weighted by molar-refractivity contribution is 6.01. The lowest BCUT2D eigenvalue weighted by molar-refractivity contribution is -0.150. The first kappa shape index (κ1) is 39.2. The van der Waals surface area contributed by atoms with Crippen LogP contribution in [-0.4, -0.2) is 102 Å². The molecule has 256 valence electrons. The molecule has 3 atom stereocenters. The summed E-state index contributed by atoms with van der Waals surface area (Å²) in [6, 6.07) is -2.26. The largest absolute Gasteiger partial charge is 0.444 e. The number of hydrogen-bond donors (Lipinski definition) is 5. The summed E-state index contributed by atoms with van der Waals surface area (Å²) < 4.78 is 16.1. The van der Waals surface area contributed by atoms with Crippen molar-refractivity contribution in [2.75, 3.05) is 19.7 Å². The molecule has 0 aliphatic carbocycles. The number of carbonyl (C=O) groups excluding carboxylic acids is 5. The minimum atomic E-state index is -0.910. The predicted octanol–water partition coefficient (Wildman–Crippen LogP) is 1.52. The van der Waals surface area contributed by atoms with E-state index in [1.165, 1.54) is 18.0 Å². The van der Waals surface area contributed by atoms with Gasteiger partial charge in [0, 0.05) is 26.2 Å². The topological polar surface area (TPSA) is 215 Å². The molecule has 1 rings (SSSR count). The van der Waals surface area contributed by atoms with Crippen molar-refractivity contribution < 1.29 is 38.2 Å². The predicted molar refractivity (Wildman–Crippen MR) is 168 cm³/mol. The van der Waals surface area contributed by atoms with Gasteiger partial charge in [-0.3, -0.25) is 30.0 Å². The van der Waals surface area contributed by atoms with Crippen LogP contribution in [-0.2, 0) is 28.6 Å². The number of nitrogens with one attached hydrogen (secondary N) is 4. The van der Waals surface area contributed by atoms with Gasteiger partial charge in [0.05, 0.1) is 18.2 Å². The van der Waals surface area contributed by atoms with Crippen LogP contribution in [0.5, 0.6) is 0 Å². The van der Waals surface area contributed by atoms with Crippen LogP contribution in [0.4, 0.5) is 9.59 Å². The Kier molecular flexibility index (Phi) is 14.9. The van der Waals surface area contributed by atoms with Crippen LogP contribution in [0.3, 0.4) is 0 Å². The molecule has 16 heteroatoms. The van der Waals surface area contributed by atoms with Crippen LogP contribution in [0.25, 0.3) is 0 Å². The van der Waals surface area contributed by atoms with Gasteiger partial charge in [-0.1, -0.05) is 0 Å². The van der Waals surface area contributed by atoms with Gasteiger partial charge in [0.15, 0.2) is 0 Å². The number of carbonyl (C=O) groups is 5. The number of nitrogens with two attached hydrogens (primary N) is 1. The Morgan fingerprint density at radius 2 is 1.49 bits per heavy atom. The molecule has 1 aliphatic heterocycles. The zero-order valence-electron chi connectivity index (χ0n) is 28.2. The third kappa shape index (κ3) is 17.3. The van der Waals surface area contributed by atoms with Crippen LogP contribution in [0, 0.1) is 0 Å². The van der Waals surface area contributed by atoms with E-state index in [4.69, 9.17) is 19.9 Å². The Bertz CT molecular complexity index is 1070. The number of hydrazone groups is 1. The fourth-order valence-corrected chi connectivity index (χ4v) is 3.64. The Morgan fingerprint density at radius 1 is 0.933 bits per heavy atom. The molecule has 0 aromatic heterocycles. The van der Waals surface area contributed by atoms with Crippen molar-refractivity contribution in [1.82, 2.24) is 26.3 Å². The average molecular weight is 641 g/mol. The van der Waals surface area contributed by atoms with E-state index in [2.05, 4.69) is 31.5 Å². The maximum atomic E-state index is 13.1. The molecule has 1 saturated heterocycles. The zero-order chi connectivity index (χ0) is 34.6. The molecular formula is C29H52N8O8. The fourth-order valence-electron chi connectivity index (χ4n) is 3.64. The monoisotopic (exact) mass is 640 g/mol. The Morgan fingerprint density at radius 3 is 1.93 bits per heavy atom. The Hall–Kier alpha value is -3.79. The van der Waals surface area contributed by atoms with Crippen LogP contribution in [0.15, 0.2) is 10.1 Å². The SMILES string of the molecule is CC(=O)N/N=C/[C@H](CCCN=C(NC(=O)OC(C)(C)C)NC(=O)OC(C)(C)C)NC(=O)[C@@H]1CCN1C(=O)[C@H](N)COC(C)(C)C. The van der Waals surface area contributed by atoms with E-state index in [1.54, 1.807) is 41.5 Å². The molecule has 0 unspecified atom stereocenters. The molecule has 0 bridgehead atoms. The van der Waals surface area contributed by atoms with Crippen molar-refractivity contribution in [3.8, 4) is 0 Å². The molecule has 45 heavy (non-hydrogen) atoms. The second-order valence-electron chi connectivity index (χ2n) is 13.6. The van der Waals surface area contributed by atoms with E-state index in [0.29, 0.717) is 25.8 Å². The highest BCUT2D eigenvalue weighted by Crippen LogP contribution is 2.19. The molecule has 0 spiro atoms. The Balaban J connectivity index is 2.91. The summed E-state index contributed by atoms with van der Waals surface area (Å²) in [6.45, 7) is 17.5. The Labute approximate surface area is 265 Å². The molecule has 1 aliphatic rings. The smallest absolute Gasteiger partial charge is 0.414 e. The lowest BCUT2D eigenvalue weighted by atomic mass is 9.99. The normalized spacial score (nSPS) is 16.5. The molecule has 0 aromatic rings. The van der Waals surface area contributed by atoms with Gasteiger partial charge >= 0.3 is 12.2 Å². The number of guanidine groups is 1. The molecule has 5 amide bonds. The first-order valence-corrected chi connectivity index (χ1v) is 14.9. The number of ether oxygens (including phenoxy) is 3. The number of amides is 5. The molecule has 0 saturated carbocycles. The second-order valence-corrected chi connectivity index (χ2v) is 13.6. The molecule has 0 aromatic carbocycles. The van der Waals surface area contributed by atoms with Crippen molar-refractivity contribution in [3.63, 3.8) is 0 Å². The highest BCUT2D eigenvalue weighted by atomic mass is 16.6. The van der Waals surface area contributed by atoms with Crippen LogP contribution in [0.1, 0.15) is 88.5 Å². The third-order valence-corrected chi connectivity index (χ3v) is 5.60. The van der Waals surface area contributed by atoms with Crippen molar-refractivity contribution in [1.29, 1.82) is 0 Å². The van der Waals surface area contributed by atoms with E-state index in [-0.39, 0.29) is 25.0 Å². The summed E-state index contributed by atoms with van der Waals surface area (Å²) in [7, 11) is 0. The van der Waals surface area contributed by atoms with E-state index in [1.807, 2.05) is 20.8 Å². The van der Waals surface area contributed by atoms with Gasteiger partial charge in [0.25, 0.3) is 0 Å². The van der Waals surface area contributed by atoms with Crippen molar-refractivity contribution >= 4 is 42.1 Å². The molecule has 0 radical (unpaired) electrons. The summed E-state index contributed by atoms with van der Waals surface area (Å²) in [5.74, 6) is -1.36. The van der Waals surface area contributed by atoms with Gasteiger partial charge in [-0.05, 0) is 81.6 Å². The van der Waals surface area contributed by atoms with E-state index in [9.17, 15) is 24.0 Å². The molecular weight excluding hydrogens is 588 g/mol. The first-order chi connectivity index (χ1) is 20.6. The number of aliphatic imine (C=N–C) groups is 1. The first-order valence-electron chi connectivity index (χ1n) is 14.9. The van der Waals surface area contributed by atoms with Gasteiger partial charge < -0.3 is 30.2 Å². The third-order valence-electron chi connectivity index (χ3n) is 5.60. The second kappa shape index (κ2) is 17.1. The van der Waals surface area contributed by atoms with E-state index < -0.39 is 58.9 Å². The quantitative estimate of drug-likeness (QED) is 0.0956. The lowest BCUT2D eigenvalue weighted by Crippen LogP contribution is -2.63. The maximum Gasteiger partial charge on any atom is 0.414 e. The van der Waals surface area contributed by atoms with Crippen molar-refractivity contribution in [3.05, 3.63) is 0 Å². The van der Waals surface area contributed by atoms with Crippen LogP contribution < -0.4 is 27.1 Å². The highest BCUT2D eigenvalue weighted by Gasteiger charge is 2.40. The molecule has 6 N–H and O–H groups in total. The van der Waals surface area contributed by atoms with Gasteiger partial charge in [-0.2, -0.15) is 5.10 Å². The number of hydrogen-bond acceptors (Lipinski definition) is 11. The van der Waals surface area contributed by atoms with E-state index in [0.717, 1.165) is 0 Å². The number of nitrogens with zero attached hydrogens (tertiary/aromatic N) is 3. The lowest BCUT2D eigenvalue weighted by Gasteiger charge is -2.41. The van der Waals surface area contributed by atoms with Crippen molar-refractivity contribution in [2.24, 2.45) is 15.8 Å². The van der Waals surface area contributed by atoms with E-state index >= 15 is 0 Å².